The first-order valence-electron chi connectivity index (χ1n) is 10.6. The SMILES string of the molecule is Cc1cc(F)cc(Nc2nc(NC[C@H]3CNC[C@H](O)C3)cc3c(C4CC4)cnn23)c1. The van der Waals surface area contributed by atoms with Gasteiger partial charge in [-0.3, -0.25) is 0 Å². The number of β-amino-alcohol motifs (C(OH)–C–C–N with tert-alkyl or cyclic N) is 1. The van der Waals surface area contributed by atoms with E-state index in [1.807, 2.05) is 25.3 Å². The molecular formula is C22H27FN6O. The van der Waals surface area contributed by atoms with Gasteiger partial charge in [0.05, 0.1) is 17.8 Å². The van der Waals surface area contributed by atoms with E-state index in [0.717, 1.165) is 36.4 Å². The largest absolute Gasteiger partial charge is 0.392 e. The molecule has 8 heteroatoms. The number of nitrogens with one attached hydrogen (secondary N) is 3. The van der Waals surface area contributed by atoms with Crippen LogP contribution in [0.4, 0.5) is 21.8 Å². The van der Waals surface area contributed by atoms with Crippen molar-refractivity contribution in [3.05, 3.63) is 47.4 Å². The van der Waals surface area contributed by atoms with Crippen LogP contribution in [0.5, 0.6) is 0 Å². The lowest BCUT2D eigenvalue weighted by Crippen LogP contribution is -2.41. The zero-order valence-corrected chi connectivity index (χ0v) is 17.0. The van der Waals surface area contributed by atoms with Gasteiger partial charge in [0, 0.05) is 30.4 Å². The van der Waals surface area contributed by atoms with Crippen molar-refractivity contribution in [3.63, 3.8) is 0 Å². The second-order valence-electron chi connectivity index (χ2n) is 8.57. The second-order valence-corrected chi connectivity index (χ2v) is 8.57. The fourth-order valence-electron chi connectivity index (χ4n) is 4.23. The molecule has 2 aromatic heterocycles. The van der Waals surface area contributed by atoms with E-state index in [9.17, 15) is 9.50 Å². The Morgan fingerprint density at radius 1 is 1.23 bits per heavy atom. The van der Waals surface area contributed by atoms with E-state index in [1.165, 1.54) is 30.5 Å². The number of aliphatic hydroxyl groups excluding tert-OH is 1. The number of halogens is 1. The molecule has 1 aliphatic heterocycles. The van der Waals surface area contributed by atoms with Crippen LogP contribution < -0.4 is 16.0 Å². The van der Waals surface area contributed by atoms with Crippen molar-refractivity contribution in [2.45, 2.75) is 38.2 Å². The van der Waals surface area contributed by atoms with Crippen LogP contribution in [-0.4, -0.2) is 45.4 Å². The Balaban J connectivity index is 1.45. The smallest absolute Gasteiger partial charge is 0.230 e. The number of rotatable bonds is 6. The summed E-state index contributed by atoms with van der Waals surface area (Å²) in [6.07, 6.45) is 4.76. The highest BCUT2D eigenvalue weighted by Crippen LogP contribution is 2.42. The van der Waals surface area contributed by atoms with Gasteiger partial charge < -0.3 is 21.1 Å². The summed E-state index contributed by atoms with van der Waals surface area (Å²) in [5.74, 6) is 1.90. The van der Waals surface area contributed by atoms with Crippen molar-refractivity contribution in [2.75, 3.05) is 30.3 Å². The molecule has 1 aromatic carbocycles. The Hall–Kier alpha value is -2.71. The summed E-state index contributed by atoms with van der Waals surface area (Å²) in [4.78, 5) is 4.72. The maximum absolute atomic E-state index is 13.9. The predicted octanol–water partition coefficient (Wildman–Crippen LogP) is 3.18. The summed E-state index contributed by atoms with van der Waals surface area (Å²) in [5.41, 5.74) is 3.73. The molecule has 0 spiro atoms. The molecule has 2 aliphatic rings. The molecule has 4 N–H and O–H groups in total. The van der Waals surface area contributed by atoms with Crippen LogP contribution in [0.25, 0.3) is 5.52 Å². The summed E-state index contributed by atoms with van der Waals surface area (Å²) >= 11 is 0. The first-order valence-corrected chi connectivity index (χ1v) is 10.6. The topological polar surface area (TPSA) is 86.5 Å². The van der Waals surface area contributed by atoms with Crippen molar-refractivity contribution in [3.8, 4) is 0 Å². The van der Waals surface area contributed by atoms with E-state index in [0.29, 0.717) is 30.0 Å². The zero-order chi connectivity index (χ0) is 20.7. The number of aromatic nitrogens is 3. The van der Waals surface area contributed by atoms with Crippen molar-refractivity contribution in [1.82, 2.24) is 19.9 Å². The summed E-state index contributed by atoms with van der Waals surface area (Å²) < 4.78 is 15.7. The normalized spacial score (nSPS) is 21.7. The van der Waals surface area contributed by atoms with E-state index in [4.69, 9.17) is 4.98 Å². The molecule has 3 aromatic rings. The Morgan fingerprint density at radius 3 is 2.87 bits per heavy atom. The zero-order valence-electron chi connectivity index (χ0n) is 17.0. The monoisotopic (exact) mass is 410 g/mol. The lowest BCUT2D eigenvalue weighted by molar-refractivity contribution is 0.117. The van der Waals surface area contributed by atoms with Gasteiger partial charge in [0.25, 0.3) is 0 Å². The van der Waals surface area contributed by atoms with Crippen molar-refractivity contribution in [1.29, 1.82) is 0 Å². The standard InChI is InChI=1S/C22H27FN6O/c1-13-4-16(23)7-17(5-13)27-22-28-21(25-10-14-6-18(30)11-24-9-14)8-20-19(15-2-3-15)12-26-29(20)22/h4-5,7-8,12,14-15,18,24-25,30H,2-3,6,9-11H2,1H3,(H,27,28)/t14-,18-/m1/s1. The molecule has 158 valence electrons. The number of hydrogen-bond donors (Lipinski definition) is 4. The molecule has 1 saturated carbocycles. The van der Waals surface area contributed by atoms with Gasteiger partial charge in [-0.15, -0.1) is 0 Å². The molecular weight excluding hydrogens is 383 g/mol. The van der Waals surface area contributed by atoms with Gasteiger partial charge >= 0.3 is 0 Å². The number of fused-ring (bicyclic) bond motifs is 1. The second kappa shape index (κ2) is 7.85. The summed E-state index contributed by atoms with van der Waals surface area (Å²) in [7, 11) is 0. The number of piperidine rings is 1. The molecule has 0 radical (unpaired) electrons. The first kappa shape index (κ1) is 19.3. The molecule has 0 amide bonds. The van der Waals surface area contributed by atoms with E-state index in [-0.39, 0.29) is 11.9 Å². The van der Waals surface area contributed by atoms with Gasteiger partial charge in [0.1, 0.15) is 11.6 Å². The highest BCUT2D eigenvalue weighted by Gasteiger charge is 2.28. The average Bonchev–Trinajstić information content (AvgIpc) is 3.45. The molecule has 0 unspecified atom stereocenters. The van der Waals surface area contributed by atoms with Crippen LogP contribution in [0, 0.1) is 18.7 Å². The fourth-order valence-corrected chi connectivity index (χ4v) is 4.23. The van der Waals surface area contributed by atoms with Crippen LogP contribution in [-0.2, 0) is 0 Å². The fraction of sp³-hybridized carbons (Fsp3) is 0.455. The van der Waals surface area contributed by atoms with Crippen LogP contribution >= 0.6 is 0 Å². The third kappa shape index (κ3) is 4.11. The van der Waals surface area contributed by atoms with E-state index >= 15 is 0 Å². The Morgan fingerprint density at radius 2 is 2.10 bits per heavy atom. The minimum atomic E-state index is -0.300. The maximum atomic E-state index is 13.9. The van der Waals surface area contributed by atoms with Gasteiger partial charge in [-0.05, 0) is 68.3 Å². The van der Waals surface area contributed by atoms with Gasteiger partial charge in [-0.1, -0.05) is 0 Å². The third-order valence-corrected chi connectivity index (χ3v) is 5.84. The third-order valence-electron chi connectivity index (χ3n) is 5.84. The average molecular weight is 410 g/mol. The van der Waals surface area contributed by atoms with Crippen molar-refractivity contribution in [2.24, 2.45) is 5.92 Å². The van der Waals surface area contributed by atoms with E-state index < -0.39 is 0 Å². The number of benzene rings is 1. The molecule has 3 heterocycles. The van der Waals surface area contributed by atoms with Crippen LogP contribution in [0.1, 0.15) is 36.3 Å². The minimum Gasteiger partial charge on any atom is -0.392 e. The number of aliphatic hydroxyl groups is 1. The number of hydrogen-bond acceptors (Lipinski definition) is 6. The maximum Gasteiger partial charge on any atom is 0.230 e. The molecule has 1 saturated heterocycles. The molecule has 5 rings (SSSR count). The lowest BCUT2D eigenvalue weighted by atomic mass is 9.97. The van der Waals surface area contributed by atoms with Gasteiger partial charge in [-0.25, -0.2) is 4.39 Å². The van der Waals surface area contributed by atoms with Crippen LogP contribution in [0.2, 0.25) is 0 Å². The van der Waals surface area contributed by atoms with E-state index in [1.54, 1.807) is 4.52 Å². The first-order chi connectivity index (χ1) is 14.5. The highest BCUT2D eigenvalue weighted by atomic mass is 19.1. The molecule has 2 fully saturated rings. The van der Waals surface area contributed by atoms with E-state index in [2.05, 4.69) is 21.0 Å². The predicted molar refractivity (Wildman–Crippen MR) is 115 cm³/mol. The summed E-state index contributed by atoms with van der Waals surface area (Å²) in [6, 6.07) is 6.88. The summed E-state index contributed by atoms with van der Waals surface area (Å²) in [5, 5.41) is 24.4. The Kier molecular flexibility index (Phi) is 5.04. The van der Waals surface area contributed by atoms with Gasteiger partial charge in [0.2, 0.25) is 5.95 Å². The minimum absolute atomic E-state index is 0.287. The molecule has 2 atom stereocenters. The quantitative estimate of drug-likeness (QED) is 0.499. The van der Waals surface area contributed by atoms with Crippen LogP contribution in [0.15, 0.2) is 30.5 Å². The summed E-state index contributed by atoms with van der Waals surface area (Å²) in [6.45, 7) is 4.11. The highest BCUT2D eigenvalue weighted by molar-refractivity contribution is 5.67. The Labute approximate surface area is 174 Å². The molecule has 30 heavy (non-hydrogen) atoms. The molecule has 7 nitrogen and oxygen atoms in total. The van der Waals surface area contributed by atoms with Gasteiger partial charge in [-0.2, -0.15) is 14.6 Å². The Bertz CT molecular complexity index is 1040. The van der Waals surface area contributed by atoms with Crippen molar-refractivity contribution < 1.29 is 9.50 Å². The number of anilines is 3. The van der Waals surface area contributed by atoms with Gasteiger partial charge in [0.15, 0.2) is 0 Å². The lowest BCUT2D eigenvalue weighted by Gasteiger charge is -2.27. The number of nitrogens with zero attached hydrogens (tertiary/aromatic N) is 3. The van der Waals surface area contributed by atoms with Crippen molar-refractivity contribution >= 4 is 23.0 Å². The van der Waals surface area contributed by atoms with Crippen LogP contribution in [0.3, 0.4) is 0 Å². The molecule has 0 bridgehead atoms. The number of aryl methyl sites for hydroxylation is 1. The molecule has 1 aliphatic carbocycles.